The van der Waals surface area contributed by atoms with Gasteiger partial charge in [-0.1, -0.05) is 11.3 Å². The molecule has 1 fully saturated rings. The molecule has 1 N–H and O–H groups in total. The molecule has 4 aromatic rings. The van der Waals surface area contributed by atoms with Crippen molar-refractivity contribution in [1.82, 2.24) is 24.3 Å². The number of thiazole rings is 1. The van der Waals surface area contributed by atoms with Crippen molar-refractivity contribution in [2.24, 2.45) is 7.05 Å². The number of anilines is 1. The molecule has 10 heteroatoms. The average molecular weight is 493 g/mol. The van der Waals surface area contributed by atoms with Crippen LogP contribution in [0.25, 0.3) is 5.65 Å². The number of nitrogens with zero attached hydrogens (tertiary/aromatic N) is 5. The zero-order valence-corrected chi connectivity index (χ0v) is 20.4. The lowest BCUT2D eigenvalue weighted by molar-refractivity contribution is -0.119. The number of imidazole rings is 1. The predicted molar refractivity (Wildman–Crippen MR) is 134 cm³/mol. The van der Waals surface area contributed by atoms with Crippen LogP contribution in [0.1, 0.15) is 40.2 Å². The molecule has 1 aliphatic heterocycles. The molecule has 1 saturated heterocycles. The van der Waals surface area contributed by atoms with Crippen molar-refractivity contribution in [2.75, 3.05) is 18.1 Å². The largest absolute Gasteiger partial charge is 0.376 e. The first-order chi connectivity index (χ1) is 17.1. The van der Waals surface area contributed by atoms with Gasteiger partial charge in [0.05, 0.1) is 18.8 Å². The summed E-state index contributed by atoms with van der Waals surface area (Å²) >= 11 is 1.23. The van der Waals surface area contributed by atoms with Crippen LogP contribution in [-0.2, 0) is 29.5 Å². The van der Waals surface area contributed by atoms with Crippen LogP contribution in [0.2, 0.25) is 0 Å². The SMILES string of the molecule is Cn1cccc1CCC(=O)N(C[C@H]1CCCO1)c1ncc(C(=O)NCc2ccn3ccnc3c2)s1. The van der Waals surface area contributed by atoms with E-state index in [2.05, 4.69) is 15.3 Å². The van der Waals surface area contributed by atoms with E-state index in [9.17, 15) is 9.59 Å². The molecule has 0 spiro atoms. The Balaban J connectivity index is 1.25. The van der Waals surface area contributed by atoms with Crippen molar-refractivity contribution < 1.29 is 14.3 Å². The Morgan fingerprint density at radius 1 is 1.26 bits per heavy atom. The topological polar surface area (TPSA) is 93.8 Å². The molecule has 0 saturated carbocycles. The lowest BCUT2D eigenvalue weighted by Gasteiger charge is -2.23. The van der Waals surface area contributed by atoms with Gasteiger partial charge < -0.3 is 19.0 Å². The fourth-order valence-corrected chi connectivity index (χ4v) is 5.09. The molecule has 5 heterocycles. The van der Waals surface area contributed by atoms with Gasteiger partial charge in [-0.25, -0.2) is 9.97 Å². The number of rotatable bonds is 9. The molecular formula is C25H28N6O3S. The normalized spacial score (nSPS) is 15.5. The highest BCUT2D eigenvalue weighted by Crippen LogP contribution is 2.26. The van der Waals surface area contributed by atoms with E-state index < -0.39 is 0 Å². The minimum atomic E-state index is -0.217. The van der Waals surface area contributed by atoms with Crippen LogP contribution >= 0.6 is 11.3 Å². The van der Waals surface area contributed by atoms with Gasteiger partial charge in [-0.2, -0.15) is 0 Å². The standard InChI is InChI=1S/C25H28N6O3S/c1-29-10-2-4-19(29)6-7-23(32)31(17-20-5-3-13-34-20)25-28-16-21(35-25)24(33)27-15-18-8-11-30-12-9-26-22(30)14-18/h2,4,8-12,14,16,20H,3,5-7,13,15,17H2,1H3,(H,27,33)/t20-/m1/s1. The van der Waals surface area contributed by atoms with Crippen molar-refractivity contribution >= 4 is 33.9 Å². The van der Waals surface area contributed by atoms with Crippen molar-refractivity contribution in [3.05, 3.63) is 71.4 Å². The molecule has 2 amide bonds. The molecule has 0 aliphatic carbocycles. The second-order valence-electron chi connectivity index (χ2n) is 8.67. The number of carbonyl (C=O) groups excluding carboxylic acids is 2. The van der Waals surface area contributed by atoms with E-state index in [0.29, 0.717) is 42.5 Å². The summed E-state index contributed by atoms with van der Waals surface area (Å²) in [4.78, 5) is 36.9. The van der Waals surface area contributed by atoms with Crippen molar-refractivity contribution in [1.29, 1.82) is 0 Å². The molecule has 5 rings (SSSR count). The van der Waals surface area contributed by atoms with Gasteiger partial charge in [0.25, 0.3) is 5.91 Å². The summed E-state index contributed by atoms with van der Waals surface area (Å²) in [6.07, 6.45) is 12.0. The molecular weight excluding hydrogens is 464 g/mol. The summed E-state index contributed by atoms with van der Waals surface area (Å²) in [7, 11) is 1.98. The number of amides is 2. The third-order valence-corrected chi connectivity index (χ3v) is 7.24. The van der Waals surface area contributed by atoms with Gasteiger partial charge in [-0.15, -0.1) is 0 Å². The van der Waals surface area contributed by atoms with Crippen LogP contribution in [0.15, 0.2) is 55.2 Å². The van der Waals surface area contributed by atoms with E-state index in [4.69, 9.17) is 4.74 Å². The lowest BCUT2D eigenvalue weighted by Crippen LogP contribution is -2.37. The zero-order valence-electron chi connectivity index (χ0n) is 19.6. The highest BCUT2D eigenvalue weighted by Gasteiger charge is 2.26. The Bertz CT molecular complexity index is 1320. The van der Waals surface area contributed by atoms with Crippen LogP contribution < -0.4 is 10.2 Å². The number of nitrogens with one attached hydrogen (secondary N) is 1. The Labute approximate surface area is 207 Å². The smallest absolute Gasteiger partial charge is 0.263 e. The van der Waals surface area contributed by atoms with E-state index in [1.54, 1.807) is 17.3 Å². The molecule has 4 aromatic heterocycles. The molecule has 0 radical (unpaired) electrons. The minimum Gasteiger partial charge on any atom is -0.376 e. The number of ether oxygens (including phenoxy) is 1. The van der Waals surface area contributed by atoms with Crippen LogP contribution in [0.4, 0.5) is 5.13 Å². The van der Waals surface area contributed by atoms with E-state index >= 15 is 0 Å². The summed E-state index contributed by atoms with van der Waals surface area (Å²) in [6.45, 7) is 1.54. The molecule has 1 aliphatic rings. The van der Waals surface area contributed by atoms with E-state index in [1.807, 2.05) is 58.9 Å². The van der Waals surface area contributed by atoms with Crippen LogP contribution in [0, 0.1) is 0 Å². The molecule has 9 nitrogen and oxygen atoms in total. The monoisotopic (exact) mass is 492 g/mol. The van der Waals surface area contributed by atoms with Gasteiger partial charge in [0.2, 0.25) is 5.91 Å². The first-order valence-corrected chi connectivity index (χ1v) is 12.6. The second kappa shape index (κ2) is 10.4. The summed E-state index contributed by atoms with van der Waals surface area (Å²) in [5.74, 6) is -0.235. The van der Waals surface area contributed by atoms with Gasteiger partial charge in [0.15, 0.2) is 5.13 Å². The molecule has 0 bridgehead atoms. The second-order valence-corrected chi connectivity index (χ2v) is 9.68. The van der Waals surface area contributed by atoms with E-state index in [0.717, 1.165) is 29.7 Å². The number of pyridine rings is 1. The quantitative estimate of drug-likeness (QED) is 0.387. The third kappa shape index (κ3) is 5.44. The first kappa shape index (κ1) is 23.3. The summed E-state index contributed by atoms with van der Waals surface area (Å²) in [6, 6.07) is 7.88. The number of hydrogen-bond acceptors (Lipinski definition) is 6. The maximum atomic E-state index is 13.2. The van der Waals surface area contributed by atoms with E-state index in [1.165, 1.54) is 11.3 Å². The number of aryl methyl sites for hydroxylation is 2. The Kier molecular flexibility index (Phi) is 6.91. The number of fused-ring (bicyclic) bond motifs is 1. The molecule has 0 aromatic carbocycles. The fourth-order valence-electron chi connectivity index (χ4n) is 4.23. The molecule has 0 unspecified atom stereocenters. The summed E-state index contributed by atoms with van der Waals surface area (Å²) < 4.78 is 9.72. The van der Waals surface area contributed by atoms with Gasteiger partial charge in [-0.3, -0.25) is 14.5 Å². The van der Waals surface area contributed by atoms with Gasteiger partial charge in [0.1, 0.15) is 10.5 Å². The Morgan fingerprint density at radius 3 is 2.97 bits per heavy atom. The van der Waals surface area contributed by atoms with Gasteiger partial charge in [0, 0.05) is 57.1 Å². The van der Waals surface area contributed by atoms with Crippen molar-refractivity contribution in [3.8, 4) is 0 Å². The Morgan fingerprint density at radius 2 is 2.17 bits per heavy atom. The molecule has 182 valence electrons. The van der Waals surface area contributed by atoms with Gasteiger partial charge >= 0.3 is 0 Å². The number of hydrogen-bond donors (Lipinski definition) is 1. The number of carbonyl (C=O) groups is 2. The van der Waals surface area contributed by atoms with E-state index in [-0.39, 0.29) is 17.9 Å². The Hall–Kier alpha value is -3.50. The molecule has 1 atom stereocenters. The zero-order chi connectivity index (χ0) is 24.2. The lowest BCUT2D eigenvalue weighted by atomic mass is 10.2. The fraction of sp³-hybridized carbons (Fsp3) is 0.360. The highest BCUT2D eigenvalue weighted by molar-refractivity contribution is 7.17. The third-order valence-electron chi connectivity index (χ3n) is 6.22. The van der Waals surface area contributed by atoms with Gasteiger partial charge in [-0.05, 0) is 49.1 Å². The van der Waals surface area contributed by atoms with Crippen LogP contribution in [0.5, 0.6) is 0 Å². The summed E-state index contributed by atoms with van der Waals surface area (Å²) in [5.41, 5.74) is 2.89. The minimum absolute atomic E-state index is 0.00672. The maximum absolute atomic E-state index is 13.2. The summed E-state index contributed by atoms with van der Waals surface area (Å²) in [5, 5.41) is 3.47. The highest BCUT2D eigenvalue weighted by atomic mass is 32.1. The molecule has 35 heavy (non-hydrogen) atoms. The van der Waals surface area contributed by atoms with Crippen molar-refractivity contribution in [2.45, 2.75) is 38.3 Å². The van der Waals surface area contributed by atoms with Crippen LogP contribution in [-0.4, -0.2) is 50.0 Å². The van der Waals surface area contributed by atoms with Crippen LogP contribution in [0.3, 0.4) is 0 Å². The maximum Gasteiger partial charge on any atom is 0.263 e. The average Bonchev–Trinajstić information content (AvgIpc) is 3.66. The predicted octanol–water partition coefficient (Wildman–Crippen LogP) is 3.20. The number of aromatic nitrogens is 4. The van der Waals surface area contributed by atoms with Crippen molar-refractivity contribution in [3.63, 3.8) is 0 Å². The first-order valence-electron chi connectivity index (χ1n) is 11.7.